The monoisotopic (exact) mass is 288 g/mol. The molecule has 3 rings (SSSR count). The van der Waals surface area contributed by atoms with E-state index >= 15 is 0 Å². The Kier molecular flexibility index (Phi) is 4.65. The molecule has 2 aromatic heterocycles. The van der Waals surface area contributed by atoms with E-state index in [0.29, 0.717) is 0 Å². The Morgan fingerprint density at radius 2 is 2.14 bits per heavy atom. The van der Waals surface area contributed by atoms with Gasteiger partial charge in [-0.1, -0.05) is 0 Å². The highest BCUT2D eigenvalue weighted by atomic mass is 15.3. The van der Waals surface area contributed by atoms with Gasteiger partial charge in [-0.2, -0.15) is 5.10 Å². The van der Waals surface area contributed by atoms with Gasteiger partial charge in [0.1, 0.15) is 12.2 Å². The minimum Gasteiger partial charge on any atom is -0.337 e. The quantitative estimate of drug-likeness (QED) is 0.812. The molecule has 0 aliphatic carbocycles. The van der Waals surface area contributed by atoms with Gasteiger partial charge in [0.05, 0.1) is 12.9 Å². The van der Waals surface area contributed by atoms with Crippen molar-refractivity contribution in [1.82, 2.24) is 29.2 Å². The van der Waals surface area contributed by atoms with Crippen molar-refractivity contribution >= 4 is 0 Å². The number of aromatic nitrogens is 5. The second-order valence-corrected chi connectivity index (χ2v) is 5.96. The molecule has 0 N–H and O–H groups in total. The van der Waals surface area contributed by atoms with Crippen LogP contribution in [0.2, 0.25) is 0 Å². The zero-order chi connectivity index (χ0) is 14.5. The van der Waals surface area contributed by atoms with Crippen LogP contribution in [0, 0.1) is 5.92 Å². The molecule has 6 heteroatoms. The van der Waals surface area contributed by atoms with Crippen molar-refractivity contribution in [2.24, 2.45) is 13.0 Å². The van der Waals surface area contributed by atoms with Crippen molar-refractivity contribution in [3.8, 4) is 0 Å². The number of likely N-dealkylation sites (tertiary alicyclic amines) is 1. The van der Waals surface area contributed by atoms with Gasteiger partial charge in [0.15, 0.2) is 0 Å². The van der Waals surface area contributed by atoms with E-state index in [1.54, 1.807) is 6.33 Å². The molecule has 0 spiro atoms. The van der Waals surface area contributed by atoms with E-state index in [0.717, 1.165) is 24.8 Å². The van der Waals surface area contributed by atoms with Crippen molar-refractivity contribution in [1.29, 1.82) is 0 Å². The molecular formula is C15H24N6. The first-order valence-electron chi connectivity index (χ1n) is 7.82. The van der Waals surface area contributed by atoms with Gasteiger partial charge < -0.3 is 4.57 Å². The zero-order valence-electron chi connectivity index (χ0n) is 12.7. The molecule has 0 atom stereocenters. The van der Waals surface area contributed by atoms with E-state index in [1.165, 1.54) is 38.8 Å². The highest BCUT2D eigenvalue weighted by Crippen LogP contribution is 2.23. The molecule has 0 unspecified atom stereocenters. The lowest BCUT2D eigenvalue weighted by atomic mass is 9.92. The maximum absolute atomic E-state index is 4.31. The van der Waals surface area contributed by atoms with Crippen LogP contribution in [0.1, 0.15) is 31.5 Å². The molecule has 2 aromatic rings. The summed E-state index contributed by atoms with van der Waals surface area (Å²) >= 11 is 0. The van der Waals surface area contributed by atoms with E-state index in [1.807, 2.05) is 30.5 Å². The predicted molar refractivity (Wildman–Crippen MR) is 80.5 cm³/mol. The van der Waals surface area contributed by atoms with Crippen LogP contribution in [0.5, 0.6) is 0 Å². The third kappa shape index (κ3) is 3.91. The Hall–Kier alpha value is -1.69. The first-order valence-corrected chi connectivity index (χ1v) is 7.82. The zero-order valence-corrected chi connectivity index (χ0v) is 12.7. The molecule has 114 valence electrons. The summed E-state index contributed by atoms with van der Waals surface area (Å²) in [4.78, 5) is 10.9. The number of imidazole rings is 1. The summed E-state index contributed by atoms with van der Waals surface area (Å²) in [6, 6.07) is 0. The van der Waals surface area contributed by atoms with Crippen LogP contribution in [0.15, 0.2) is 25.0 Å². The number of aryl methyl sites for hydroxylation is 2. The van der Waals surface area contributed by atoms with Crippen molar-refractivity contribution in [2.45, 2.75) is 38.8 Å². The number of hydrogen-bond donors (Lipinski definition) is 0. The lowest BCUT2D eigenvalue weighted by Gasteiger charge is -2.31. The van der Waals surface area contributed by atoms with E-state index in [-0.39, 0.29) is 0 Å². The average molecular weight is 288 g/mol. The number of nitrogens with zero attached hydrogens (tertiary/aromatic N) is 6. The summed E-state index contributed by atoms with van der Waals surface area (Å²) in [5, 5.41) is 4.13. The third-order valence-electron chi connectivity index (χ3n) is 4.47. The molecule has 1 aliphatic heterocycles. The van der Waals surface area contributed by atoms with Crippen molar-refractivity contribution in [2.75, 3.05) is 13.1 Å². The van der Waals surface area contributed by atoms with Crippen LogP contribution < -0.4 is 0 Å². The molecule has 21 heavy (non-hydrogen) atoms. The van der Waals surface area contributed by atoms with Crippen molar-refractivity contribution in [3.63, 3.8) is 0 Å². The van der Waals surface area contributed by atoms with Gasteiger partial charge in [-0.05, 0) is 44.7 Å². The summed E-state index contributed by atoms with van der Waals surface area (Å²) in [5.41, 5.74) is 0. The van der Waals surface area contributed by atoms with Crippen LogP contribution in [-0.4, -0.2) is 42.3 Å². The Bertz CT molecular complexity index is 524. The standard InChI is InChI=1S/C15H24N6/c1-19-15(17-12-18-19)11-20-8-4-14(5-9-20)3-2-7-21-10-6-16-13-21/h6,10,12-14H,2-5,7-9,11H2,1H3. The van der Waals surface area contributed by atoms with E-state index in [9.17, 15) is 0 Å². The second kappa shape index (κ2) is 6.85. The summed E-state index contributed by atoms with van der Waals surface area (Å²) in [5.74, 6) is 1.94. The normalized spacial score (nSPS) is 17.4. The van der Waals surface area contributed by atoms with Crippen LogP contribution >= 0.6 is 0 Å². The summed E-state index contributed by atoms with van der Waals surface area (Å²) in [6.45, 7) is 4.39. The SMILES string of the molecule is Cn1ncnc1CN1CCC(CCCn2ccnc2)CC1. The summed E-state index contributed by atoms with van der Waals surface area (Å²) < 4.78 is 4.04. The number of rotatable bonds is 6. The topological polar surface area (TPSA) is 51.8 Å². The molecule has 0 bridgehead atoms. The highest BCUT2D eigenvalue weighted by Gasteiger charge is 2.20. The molecule has 0 aromatic carbocycles. The minimum atomic E-state index is 0.879. The van der Waals surface area contributed by atoms with Gasteiger partial charge in [0, 0.05) is 26.0 Å². The lowest BCUT2D eigenvalue weighted by Crippen LogP contribution is -2.34. The van der Waals surface area contributed by atoms with E-state index in [2.05, 4.69) is 24.5 Å². The fourth-order valence-electron chi connectivity index (χ4n) is 3.08. The number of hydrogen-bond acceptors (Lipinski definition) is 4. The summed E-state index contributed by atoms with van der Waals surface area (Å²) in [7, 11) is 1.96. The number of piperidine rings is 1. The van der Waals surface area contributed by atoms with Crippen molar-refractivity contribution in [3.05, 3.63) is 30.9 Å². The van der Waals surface area contributed by atoms with Crippen LogP contribution in [0.25, 0.3) is 0 Å². The molecule has 1 saturated heterocycles. The van der Waals surface area contributed by atoms with E-state index in [4.69, 9.17) is 0 Å². The first-order chi connectivity index (χ1) is 10.3. The Labute approximate surface area is 125 Å². The van der Waals surface area contributed by atoms with Gasteiger partial charge in [0.2, 0.25) is 0 Å². The molecule has 1 aliphatic rings. The fourth-order valence-corrected chi connectivity index (χ4v) is 3.08. The smallest absolute Gasteiger partial charge is 0.140 e. The molecule has 3 heterocycles. The average Bonchev–Trinajstić information content (AvgIpc) is 3.14. The fraction of sp³-hybridized carbons (Fsp3) is 0.667. The van der Waals surface area contributed by atoms with E-state index < -0.39 is 0 Å². The van der Waals surface area contributed by atoms with Gasteiger partial charge in [-0.3, -0.25) is 9.58 Å². The Morgan fingerprint density at radius 3 is 2.81 bits per heavy atom. The molecule has 0 radical (unpaired) electrons. The van der Waals surface area contributed by atoms with Crippen LogP contribution in [0.4, 0.5) is 0 Å². The lowest BCUT2D eigenvalue weighted by molar-refractivity contribution is 0.165. The highest BCUT2D eigenvalue weighted by molar-refractivity contribution is 4.85. The largest absolute Gasteiger partial charge is 0.337 e. The third-order valence-corrected chi connectivity index (χ3v) is 4.47. The van der Waals surface area contributed by atoms with Gasteiger partial charge in [-0.15, -0.1) is 0 Å². The molecule has 0 saturated carbocycles. The predicted octanol–water partition coefficient (Wildman–Crippen LogP) is 1.70. The summed E-state index contributed by atoms with van der Waals surface area (Å²) in [6.07, 6.45) is 12.6. The molecule has 0 amide bonds. The van der Waals surface area contributed by atoms with Crippen LogP contribution in [0.3, 0.4) is 0 Å². The van der Waals surface area contributed by atoms with Gasteiger partial charge in [-0.25, -0.2) is 9.97 Å². The van der Waals surface area contributed by atoms with Gasteiger partial charge in [0.25, 0.3) is 0 Å². The Morgan fingerprint density at radius 1 is 1.29 bits per heavy atom. The molecule has 1 fully saturated rings. The maximum Gasteiger partial charge on any atom is 0.140 e. The van der Waals surface area contributed by atoms with Crippen molar-refractivity contribution < 1.29 is 0 Å². The first kappa shape index (κ1) is 14.3. The second-order valence-electron chi connectivity index (χ2n) is 5.96. The minimum absolute atomic E-state index is 0.879. The maximum atomic E-state index is 4.31. The Balaban J connectivity index is 1.36. The molecular weight excluding hydrogens is 264 g/mol. The molecule has 6 nitrogen and oxygen atoms in total. The van der Waals surface area contributed by atoms with Gasteiger partial charge >= 0.3 is 0 Å². The van der Waals surface area contributed by atoms with Crippen LogP contribution in [-0.2, 0) is 20.1 Å².